The van der Waals surface area contributed by atoms with E-state index in [9.17, 15) is 4.79 Å². The van der Waals surface area contributed by atoms with Gasteiger partial charge in [-0.2, -0.15) is 0 Å². The Morgan fingerprint density at radius 3 is 2.30 bits per heavy atom. The summed E-state index contributed by atoms with van der Waals surface area (Å²) in [7, 11) is -0.352. The van der Waals surface area contributed by atoms with Crippen LogP contribution < -0.4 is 5.32 Å². The summed E-state index contributed by atoms with van der Waals surface area (Å²) in [5, 5.41) is 3.23. The molecule has 2 saturated heterocycles. The van der Waals surface area contributed by atoms with Crippen molar-refractivity contribution in [3.8, 4) is 0 Å². The van der Waals surface area contributed by atoms with Crippen LogP contribution >= 0.6 is 12.4 Å². The van der Waals surface area contributed by atoms with Crippen LogP contribution in [0.5, 0.6) is 0 Å². The van der Waals surface area contributed by atoms with Crippen LogP contribution in [-0.4, -0.2) is 44.0 Å². The Kier molecular flexibility index (Phi) is 5.52. The molecular weight excluding hydrogens is 280 g/mol. The highest BCUT2D eigenvalue weighted by molar-refractivity contribution is 6.48. The molecule has 7 heteroatoms. The van der Waals surface area contributed by atoms with Crippen LogP contribution in [-0.2, 0) is 18.8 Å². The average Bonchev–Trinajstić information content (AvgIpc) is 2.82. The Labute approximate surface area is 127 Å². The zero-order valence-electron chi connectivity index (χ0n) is 12.9. The van der Waals surface area contributed by atoms with Gasteiger partial charge in [0.25, 0.3) is 0 Å². The number of nitrogens with one attached hydrogen (secondary N) is 1. The fraction of sp³-hybridized carbons (Fsp3) is 0.923. The molecule has 0 radical (unpaired) electrons. The van der Waals surface area contributed by atoms with Gasteiger partial charge in [0.05, 0.1) is 23.7 Å². The van der Waals surface area contributed by atoms with Crippen LogP contribution in [0.1, 0.15) is 34.6 Å². The van der Waals surface area contributed by atoms with Crippen molar-refractivity contribution < 1.29 is 18.8 Å². The lowest BCUT2D eigenvalue weighted by Gasteiger charge is -2.32. The van der Waals surface area contributed by atoms with Gasteiger partial charge in [-0.3, -0.25) is 4.79 Å². The van der Waals surface area contributed by atoms with Gasteiger partial charge < -0.3 is 19.4 Å². The van der Waals surface area contributed by atoms with E-state index in [0.29, 0.717) is 13.2 Å². The third-order valence-electron chi connectivity index (χ3n) is 4.47. The van der Waals surface area contributed by atoms with Crippen LogP contribution in [0.3, 0.4) is 0 Å². The van der Waals surface area contributed by atoms with E-state index in [4.69, 9.17) is 14.0 Å². The summed E-state index contributed by atoms with van der Waals surface area (Å²) in [6, 6.07) is 0. The number of halogens is 1. The Bertz CT molecular complexity index is 348. The first-order valence-electron chi connectivity index (χ1n) is 7.01. The quantitative estimate of drug-likeness (QED) is 0.635. The first-order valence-corrected chi connectivity index (χ1v) is 7.01. The molecule has 2 rings (SSSR count). The van der Waals surface area contributed by atoms with Gasteiger partial charge in [-0.1, -0.05) is 0 Å². The summed E-state index contributed by atoms with van der Waals surface area (Å²) in [4.78, 5) is 12.0. The van der Waals surface area contributed by atoms with Crippen LogP contribution in [0.2, 0.25) is 5.82 Å². The van der Waals surface area contributed by atoms with Crippen molar-refractivity contribution in [3.63, 3.8) is 0 Å². The summed E-state index contributed by atoms with van der Waals surface area (Å²) in [6.45, 7) is 11.7. The number of carbonyl (C=O) groups is 1. The fourth-order valence-corrected chi connectivity index (χ4v) is 2.56. The third kappa shape index (κ3) is 3.13. The number of carbonyl (C=O) groups excluding carboxylic acids is 1. The van der Waals surface area contributed by atoms with Gasteiger partial charge in [0.1, 0.15) is 0 Å². The molecule has 0 aliphatic carbocycles. The lowest BCUT2D eigenvalue weighted by Crippen LogP contribution is -2.41. The Morgan fingerprint density at radius 1 is 1.25 bits per heavy atom. The van der Waals surface area contributed by atoms with Gasteiger partial charge in [0.15, 0.2) is 0 Å². The highest BCUT2D eigenvalue weighted by Crippen LogP contribution is 2.42. The molecule has 2 aliphatic rings. The lowest BCUT2D eigenvalue weighted by atomic mass is 9.66. The standard InChI is InChI=1S/C13H24BNO4.ClH/c1-6-17-11(16)9-7-15-8-10(9)14-18-12(2,3)13(4,5)19-14;/h9-10,15H,6-8H2,1-5H3;1H/t9-,10-;/m0./s1. The molecule has 2 heterocycles. The van der Waals surface area contributed by atoms with Gasteiger partial charge in [0.2, 0.25) is 0 Å². The Balaban J connectivity index is 0.00000200. The molecule has 0 spiro atoms. The molecule has 1 N–H and O–H groups in total. The maximum atomic E-state index is 12.0. The van der Waals surface area contributed by atoms with Crippen molar-refractivity contribution in [1.82, 2.24) is 5.32 Å². The minimum Gasteiger partial charge on any atom is -0.466 e. The zero-order valence-corrected chi connectivity index (χ0v) is 13.7. The van der Waals surface area contributed by atoms with Crippen LogP contribution in [0.4, 0.5) is 0 Å². The molecule has 2 aliphatic heterocycles. The van der Waals surface area contributed by atoms with Gasteiger partial charge in [0, 0.05) is 12.4 Å². The normalized spacial score (nSPS) is 30.9. The minimum atomic E-state index is -0.362. The molecule has 0 saturated carbocycles. The highest BCUT2D eigenvalue weighted by atomic mass is 35.5. The van der Waals surface area contributed by atoms with Gasteiger partial charge in [-0.05, 0) is 41.2 Å². The van der Waals surface area contributed by atoms with E-state index in [0.717, 1.165) is 6.54 Å². The number of esters is 1. The Hall–Kier alpha value is -0.295. The lowest BCUT2D eigenvalue weighted by molar-refractivity contribution is -0.147. The maximum absolute atomic E-state index is 12.0. The summed E-state index contributed by atoms with van der Waals surface area (Å²) in [5.74, 6) is -0.332. The van der Waals surface area contributed by atoms with Crippen LogP contribution in [0.25, 0.3) is 0 Å². The van der Waals surface area contributed by atoms with Crippen molar-refractivity contribution in [2.24, 2.45) is 5.92 Å². The van der Waals surface area contributed by atoms with E-state index >= 15 is 0 Å². The third-order valence-corrected chi connectivity index (χ3v) is 4.47. The van der Waals surface area contributed by atoms with E-state index in [-0.39, 0.29) is 48.4 Å². The smallest absolute Gasteiger partial charge is 0.463 e. The average molecular weight is 306 g/mol. The molecule has 0 aromatic heterocycles. The van der Waals surface area contributed by atoms with Gasteiger partial charge in [-0.25, -0.2) is 0 Å². The summed E-state index contributed by atoms with van der Waals surface area (Å²) in [6.07, 6.45) is 0. The molecule has 116 valence electrons. The van der Waals surface area contributed by atoms with Gasteiger partial charge in [-0.15, -0.1) is 12.4 Å². The molecule has 5 nitrogen and oxygen atoms in total. The van der Waals surface area contributed by atoms with E-state index in [1.54, 1.807) is 0 Å². The van der Waals surface area contributed by atoms with E-state index in [1.165, 1.54) is 0 Å². The number of ether oxygens (including phenoxy) is 1. The molecule has 0 aromatic rings. The van der Waals surface area contributed by atoms with E-state index in [2.05, 4.69) is 5.32 Å². The van der Waals surface area contributed by atoms with Gasteiger partial charge >= 0.3 is 13.1 Å². The second kappa shape index (κ2) is 6.22. The molecule has 0 amide bonds. The van der Waals surface area contributed by atoms with Crippen molar-refractivity contribution in [3.05, 3.63) is 0 Å². The summed E-state index contributed by atoms with van der Waals surface area (Å²) in [5.41, 5.74) is -0.723. The van der Waals surface area contributed by atoms with Crippen molar-refractivity contribution in [2.75, 3.05) is 19.7 Å². The largest absolute Gasteiger partial charge is 0.466 e. The van der Waals surface area contributed by atoms with Crippen LogP contribution in [0.15, 0.2) is 0 Å². The number of rotatable bonds is 3. The first-order chi connectivity index (χ1) is 8.78. The minimum absolute atomic E-state index is 0. The predicted molar refractivity (Wildman–Crippen MR) is 80.1 cm³/mol. The summed E-state index contributed by atoms with van der Waals surface area (Å²) >= 11 is 0. The first kappa shape index (κ1) is 17.8. The predicted octanol–water partition coefficient (Wildman–Crippen LogP) is 1.65. The number of hydrogen-bond donors (Lipinski definition) is 1. The number of hydrogen-bond acceptors (Lipinski definition) is 5. The molecule has 2 fully saturated rings. The second-order valence-corrected chi connectivity index (χ2v) is 6.31. The fourth-order valence-electron chi connectivity index (χ4n) is 2.56. The summed E-state index contributed by atoms with van der Waals surface area (Å²) < 4.78 is 17.2. The van der Waals surface area contributed by atoms with Crippen LogP contribution in [0, 0.1) is 5.92 Å². The SMILES string of the molecule is CCOC(=O)[C@H]1CNC[C@@H]1B1OC(C)(C)C(C)(C)O1.Cl. The molecular formula is C13H25BClNO4. The molecule has 0 aromatic carbocycles. The zero-order chi connectivity index (χ0) is 14.3. The molecule has 0 unspecified atom stereocenters. The molecule has 20 heavy (non-hydrogen) atoms. The monoisotopic (exact) mass is 305 g/mol. The van der Waals surface area contributed by atoms with E-state index < -0.39 is 0 Å². The van der Waals surface area contributed by atoms with Crippen molar-refractivity contribution in [1.29, 1.82) is 0 Å². The molecule has 0 bridgehead atoms. The maximum Gasteiger partial charge on any atom is 0.463 e. The Morgan fingerprint density at radius 2 is 1.80 bits per heavy atom. The second-order valence-electron chi connectivity index (χ2n) is 6.31. The molecule has 2 atom stereocenters. The van der Waals surface area contributed by atoms with Crippen molar-refractivity contribution in [2.45, 2.75) is 51.6 Å². The topological polar surface area (TPSA) is 56.8 Å². The van der Waals surface area contributed by atoms with E-state index in [1.807, 2.05) is 34.6 Å². The van der Waals surface area contributed by atoms with Crippen molar-refractivity contribution >= 4 is 25.5 Å². The highest BCUT2D eigenvalue weighted by Gasteiger charge is 2.56.